The maximum atomic E-state index is 11.2. The molecule has 0 unspecified atom stereocenters. The third kappa shape index (κ3) is 9.77. The standard InChI is InChI=1S/2C19H16N3O.C11H12O2.Ir/c2*1-13(2)23-19-12-11-18(14-7-3-4-8-15(14)19)22-20-16-9-5-6-10-17(16)21-22;1-8(12)11(9(2)13)10-6-4-3-5-7-10;/h2*3-10,12-13H,1-2H3;3-7,12H,1-2H3;/q2*-1;;/b;;11-8+;. The first kappa shape index (κ1) is 42.9. The Balaban J connectivity index is 0.000000156. The van der Waals surface area contributed by atoms with Crippen LogP contribution >= 0.6 is 0 Å². The molecule has 1 radical (unpaired) electrons. The monoisotopic (exact) mass is 973 g/mol. The van der Waals surface area contributed by atoms with Gasteiger partial charge in [-0.25, -0.2) is 0 Å². The predicted octanol–water partition coefficient (Wildman–Crippen LogP) is 10.9. The maximum Gasteiger partial charge on any atom is 0.163 e. The van der Waals surface area contributed by atoms with Gasteiger partial charge in [0, 0.05) is 31.6 Å². The summed E-state index contributed by atoms with van der Waals surface area (Å²) in [4.78, 5) is 14.5. The van der Waals surface area contributed by atoms with Gasteiger partial charge in [-0.2, -0.15) is 42.1 Å². The van der Waals surface area contributed by atoms with E-state index in [-0.39, 0.29) is 43.9 Å². The van der Waals surface area contributed by atoms with Crippen LogP contribution in [0.5, 0.6) is 11.5 Å². The van der Waals surface area contributed by atoms with Crippen LogP contribution in [0.15, 0.2) is 145 Å². The SMILES string of the molecule is CC(=O)/C(=C(/C)O)c1ccccc1.CC(C)Oc1c[c-]c(-n2nc3ccccc3n2)c2ccccc12.CC(C)Oc1c[c-]c(-n2nc3ccccc3n2)c2ccccc12.[Ir]. The first-order valence-corrected chi connectivity index (χ1v) is 19.4. The number of nitrogens with zero attached hydrogens (tertiary/aromatic N) is 6. The molecule has 9 aromatic rings. The number of ether oxygens (including phenoxy) is 2. The molecule has 0 bridgehead atoms. The van der Waals surface area contributed by atoms with Crippen LogP contribution < -0.4 is 9.47 Å². The summed E-state index contributed by atoms with van der Waals surface area (Å²) in [5, 5.41) is 31.6. The van der Waals surface area contributed by atoms with Crippen molar-refractivity contribution in [3.63, 3.8) is 0 Å². The van der Waals surface area contributed by atoms with Gasteiger partial charge in [0.15, 0.2) is 5.78 Å². The van der Waals surface area contributed by atoms with Gasteiger partial charge in [0.05, 0.1) is 17.8 Å². The Hall–Kier alpha value is -6.68. The molecular formula is C49H44IrN6O4-2. The Morgan fingerprint density at radius 1 is 0.533 bits per heavy atom. The summed E-state index contributed by atoms with van der Waals surface area (Å²) in [5.41, 5.74) is 6.27. The molecule has 0 aliphatic heterocycles. The fourth-order valence-corrected chi connectivity index (χ4v) is 6.61. The average Bonchev–Trinajstić information content (AvgIpc) is 3.86. The van der Waals surface area contributed by atoms with Crippen LogP contribution in [0.3, 0.4) is 0 Å². The molecule has 2 heterocycles. The van der Waals surface area contributed by atoms with Gasteiger partial charge in [0.25, 0.3) is 0 Å². The Kier molecular flexibility index (Phi) is 13.9. The van der Waals surface area contributed by atoms with Gasteiger partial charge in [-0.1, -0.05) is 113 Å². The van der Waals surface area contributed by atoms with Crippen LogP contribution in [0.1, 0.15) is 47.1 Å². The summed E-state index contributed by atoms with van der Waals surface area (Å²) in [6, 6.07) is 51.3. The molecule has 7 aromatic carbocycles. The van der Waals surface area contributed by atoms with Crippen LogP contribution in [-0.4, -0.2) is 53.1 Å². The number of allylic oxidation sites excluding steroid dienone is 2. The minimum atomic E-state index is -0.119. The molecule has 0 fully saturated rings. The van der Waals surface area contributed by atoms with Gasteiger partial charge < -0.3 is 14.6 Å². The molecule has 1 N–H and O–H groups in total. The average molecular weight is 973 g/mol. The molecule has 60 heavy (non-hydrogen) atoms. The van der Waals surface area contributed by atoms with Gasteiger partial charge in [-0.05, 0) is 82.7 Å². The number of aromatic nitrogens is 6. The number of aliphatic hydroxyl groups excluding tert-OH is 1. The molecule has 0 aliphatic carbocycles. The van der Waals surface area contributed by atoms with Crippen LogP contribution in [0.2, 0.25) is 0 Å². The molecule has 0 aliphatic rings. The minimum Gasteiger partial charge on any atom is -0.548 e. The molecular weight excluding hydrogens is 929 g/mol. The van der Waals surface area contributed by atoms with E-state index in [4.69, 9.17) is 9.47 Å². The number of Topliss-reactive ketones (excluding diaryl/α,β-unsaturated/α-hetero) is 1. The van der Waals surface area contributed by atoms with Crippen LogP contribution in [0, 0.1) is 12.1 Å². The Morgan fingerprint density at radius 2 is 0.867 bits per heavy atom. The molecule has 2 aromatic heterocycles. The quantitative estimate of drug-likeness (QED) is 0.0909. The second-order valence-corrected chi connectivity index (χ2v) is 14.3. The van der Waals surface area contributed by atoms with Crippen molar-refractivity contribution in [3.05, 3.63) is 163 Å². The minimum absolute atomic E-state index is 0. The van der Waals surface area contributed by atoms with Crippen molar-refractivity contribution < 1.29 is 39.5 Å². The van der Waals surface area contributed by atoms with Crippen LogP contribution in [-0.2, 0) is 24.9 Å². The van der Waals surface area contributed by atoms with Gasteiger partial charge in [0.1, 0.15) is 27.8 Å². The van der Waals surface area contributed by atoms with E-state index in [2.05, 4.69) is 32.5 Å². The summed E-state index contributed by atoms with van der Waals surface area (Å²) < 4.78 is 11.8. The van der Waals surface area contributed by atoms with Gasteiger partial charge in [-0.3, -0.25) is 4.79 Å². The second-order valence-electron chi connectivity index (χ2n) is 14.3. The maximum absolute atomic E-state index is 11.2. The molecule has 0 saturated carbocycles. The number of ketones is 1. The molecule has 0 spiro atoms. The van der Waals surface area contributed by atoms with Crippen molar-refractivity contribution in [2.24, 2.45) is 0 Å². The van der Waals surface area contributed by atoms with E-state index in [9.17, 15) is 9.90 Å². The Labute approximate surface area is 362 Å². The third-order valence-corrected chi connectivity index (χ3v) is 9.05. The van der Waals surface area contributed by atoms with E-state index in [1.807, 2.05) is 155 Å². The van der Waals surface area contributed by atoms with E-state index in [0.717, 1.165) is 72.0 Å². The number of hydrogen-bond acceptors (Lipinski definition) is 8. The molecule has 0 saturated heterocycles. The molecule has 305 valence electrons. The fraction of sp³-hybridized carbons (Fsp3) is 0.163. The zero-order valence-electron chi connectivity index (χ0n) is 34.1. The van der Waals surface area contributed by atoms with E-state index >= 15 is 0 Å². The summed E-state index contributed by atoms with van der Waals surface area (Å²) in [6.45, 7) is 11.0. The van der Waals surface area contributed by atoms with Crippen molar-refractivity contribution in [2.45, 2.75) is 53.8 Å². The van der Waals surface area contributed by atoms with Crippen molar-refractivity contribution >= 4 is 55.0 Å². The van der Waals surface area contributed by atoms with E-state index < -0.39 is 0 Å². The van der Waals surface area contributed by atoms with Crippen LogP contribution in [0.4, 0.5) is 0 Å². The summed E-state index contributed by atoms with van der Waals surface area (Å²) in [7, 11) is 0. The van der Waals surface area contributed by atoms with Gasteiger partial charge in [0.2, 0.25) is 0 Å². The Morgan fingerprint density at radius 3 is 1.20 bits per heavy atom. The van der Waals surface area contributed by atoms with Crippen molar-refractivity contribution in [2.75, 3.05) is 0 Å². The number of carbonyl (C=O) groups excluding carboxylic acids is 1. The zero-order valence-corrected chi connectivity index (χ0v) is 36.5. The summed E-state index contributed by atoms with van der Waals surface area (Å²) in [5.74, 6) is 1.61. The molecule has 11 heteroatoms. The predicted molar refractivity (Wildman–Crippen MR) is 234 cm³/mol. The van der Waals surface area contributed by atoms with E-state index in [1.165, 1.54) is 13.8 Å². The fourth-order valence-electron chi connectivity index (χ4n) is 6.61. The third-order valence-electron chi connectivity index (χ3n) is 9.05. The first-order chi connectivity index (χ1) is 28.6. The number of hydrogen-bond donors (Lipinski definition) is 1. The van der Waals surface area contributed by atoms with E-state index in [0.29, 0.717) is 5.57 Å². The second kappa shape index (κ2) is 19.4. The number of aliphatic hydroxyl groups is 1. The van der Waals surface area contributed by atoms with Gasteiger partial charge >= 0.3 is 0 Å². The van der Waals surface area contributed by atoms with Crippen molar-refractivity contribution in [3.8, 4) is 22.9 Å². The van der Waals surface area contributed by atoms with E-state index in [1.54, 1.807) is 21.7 Å². The van der Waals surface area contributed by atoms with Crippen molar-refractivity contribution in [1.82, 2.24) is 30.0 Å². The molecule has 9 rings (SSSR count). The molecule has 10 nitrogen and oxygen atoms in total. The smallest absolute Gasteiger partial charge is 0.163 e. The summed E-state index contributed by atoms with van der Waals surface area (Å²) in [6.07, 6.45) is 0.228. The Bertz CT molecular complexity index is 2690. The number of fused-ring (bicyclic) bond motifs is 4. The summed E-state index contributed by atoms with van der Waals surface area (Å²) >= 11 is 0. The van der Waals surface area contributed by atoms with Gasteiger partial charge in [-0.15, -0.1) is 24.3 Å². The number of carbonyl (C=O) groups is 1. The topological polar surface area (TPSA) is 117 Å². The number of benzene rings is 7. The molecule has 0 amide bonds. The number of rotatable bonds is 8. The van der Waals surface area contributed by atoms with Crippen molar-refractivity contribution in [1.29, 1.82) is 0 Å². The normalized spacial score (nSPS) is 11.4. The zero-order chi connectivity index (χ0) is 41.5. The first-order valence-electron chi connectivity index (χ1n) is 19.4. The molecule has 0 atom stereocenters. The van der Waals surface area contributed by atoms with Crippen LogP contribution in [0.25, 0.3) is 60.6 Å². The largest absolute Gasteiger partial charge is 0.548 e.